The lowest BCUT2D eigenvalue weighted by Crippen LogP contribution is -2.34. The van der Waals surface area contributed by atoms with E-state index in [-0.39, 0.29) is 12.4 Å². The molecule has 0 rings (SSSR count). The molecule has 0 aromatic rings. The monoisotopic (exact) mass is 197 g/mol. The molecule has 66 valence electrons. The molecule has 0 radical (unpaired) electrons. The van der Waals surface area contributed by atoms with E-state index >= 15 is 0 Å². The third kappa shape index (κ3) is 5.37. The Morgan fingerprint density at radius 3 is 2.73 bits per heavy atom. The van der Waals surface area contributed by atoms with Gasteiger partial charge in [0.25, 0.3) is 0 Å². The fraction of sp³-hybridized carbons (Fsp3) is 0.800. The van der Waals surface area contributed by atoms with Crippen molar-refractivity contribution >= 4 is 30.5 Å². The van der Waals surface area contributed by atoms with Crippen molar-refractivity contribution in [3.63, 3.8) is 0 Å². The number of thiol groups is 1. The average molecular weight is 197 g/mol. The maximum Gasteiger partial charge on any atom is 0.322 e. The Morgan fingerprint density at radius 1 is 1.73 bits per heavy atom. The summed E-state index contributed by atoms with van der Waals surface area (Å²) in [5, 5.41) is 16.8. The Morgan fingerprint density at radius 2 is 2.36 bits per heavy atom. The number of carboxylic acids is 1. The zero-order valence-corrected chi connectivity index (χ0v) is 7.57. The van der Waals surface area contributed by atoms with E-state index in [1.165, 1.54) is 11.9 Å². The lowest BCUT2D eigenvalue weighted by atomic mass is 10.4. The molecule has 0 aromatic heterocycles. The normalized spacial score (nSPS) is 12.9. The highest BCUT2D eigenvalue weighted by atomic mass is 32.2. The van der Waals surface area contributed by atoms with E-state index < -0.39 is 12.0 Å². The number of aliphatic hydroxyl groups is 1. The lowest BCUT2D eigenvalue weighted by Gasteiger charge is -2.09. The van der Waals surface area contributed by atoms with E-state index in [2.05, 4.69) is 17.4 Å². The van der Waals surface area contributed by atoms with Gasteiger partial charge < -0.3 is 10.2 Å². The molecule has 1 unspecified atom stereocenters. The van der Waals surface area contributed by atoms with Crippen LogP contribution in [0.2, 0.25) is 0 Å². The fourth-order valence-electron chi connectivity index (χ4n) is 0.371. The van der Waals surface area contributed by atoms with Crippen LogP contribution in [-0.4, -0.2) is 40.3 Å². The van der Waals surface area contributed by atoms with Crippen molar-refractivity contribution in [3.05, 3.63) is 0 Å². The second kappa shape index (κ2) is 6.78. The number of aliphatic hydroxyl groups excluding tert-OH is 1. The molecule has 0 aromatic carbocycles. The average Bonchev–Trinajstić information content (AvgIpc) is 1.97. The van der Waals surface area contributed by atoms with Gasteiger partial charge in [0.15, 0.2) is 0 Å². The molecule has 3 N–H and O–H groups in total. The standard InChI is InChI=1S/C5H11NO3S2/c7-1-2-11-6-4(3-10)5(8)9/h4,6-7,10H,1-3H2,(H,8,9). The number of aliphatic carboxylic acids is 1. The zero-order valence-electron chi connectivity index (χ0n) is 5.86. The molecule has 0 bridgehead atoms. The first-order valence-corrected chi connectivity index (χ1v) is 4.66. The van der Waals surface area contributed by atoms with E-state index in [4.69, 9.17) is 10.2 Å². The topological polar surface area (TPSA) is 69.6 Å². The summed E-state index contributed by atoms with van der Waals surface area (Å²) in [6.45, 7) is 0.0383. The molecule has 0 saturated carbocycles. The Labute approximate surface area is 74.9 Å². The van der Waals surface area contributed by atoms with Gasteiger partial charge >= 0.3 is 5.97 Å². The third-order valence-electron chi connectivity index (χ3n) is 0.900. The smallest absolute Gasteiger partial charge is 0.322 e. The molecule has 0 aliphatic rings. The summed E-state index contributed by atoms with van der Waals surface area (Å²) in [7, 11) is 0. The molecule has 0 aliphatic heterocycles. The predicted molar refractivity (Wildman–Crippen MR) is 48.0 cm³/mol. The van der Waals surface area contributed by atoms with E-state index in [0.29, 0.717) is 5.75 Å². The quantitative estimate of drug-likeness (QED) is 0.265. The van der Waals surface area contributed by atoms with Gasteiger partial charge in [-0.05, 0) is 0 Å². The molecular weight excluding hydrogens is 186 g/mol. The van der Waals surface area contributed by atoms with Crippen LogP contribution in [0.3, 0.4) is 0 Å². The highest BCUT2D eigenvalue weighted by Gasteiger charge is 2.13. The van der Waals surface area contributed by atoms with Gasteiger partial charge in [0.2, 0.25) is 0 Å². The van der Waals surface area contributed by atoms with Crippen molar-refractivity contribution < 1.29 is 15.0 Å². The Kier molecular flexibility index (Phi) is 6.83. The predicted octanol–water partition coefficient (Wildman–Crippen LogP) is -0.401. The molecular formula is C5H11NO3S2. The molecule has 0 saturated heterocycles. The molecule has 6 heteroatoms. The van der Waals surface area contributed by atoms with Gasteiger partial charge in [0.1, 0.15) is 6.04 Å². The number of rotatable bonds is 6. The van der Waals surface area contributed by atoms with Crippen LogP contribution in [0.5, 0.6) is 0 Å². The molecule has 0 heterocycles. The van der Waals surface area contributed by atoms with Crippen LogP contribution >= 0.6 is 24.6 Å². The molecule has 0 fully saturated rings. The highest BCUT2D eigenvalue weighted by Crippen LogP contribution is 1.97. The summed E-state index contributed by atoms with van der Waals surface area (Å²) in [6, 6.07) is -0.644. The lowest BCUT2D eigenvalue weighted by molar-refractivity contribution is -0.138. The van der Waals surface area contributed by atoms with Crippen molar-refractivity contribution in [3.8, 4) is 0 Å². The van der Waals surface area contributed by atoms with Crippen LogP contribution in [0.4, 0.5) is 0 Å². The van der Waals surface area contributed by atoms with E-state index in [0.717, 1.165) is 0 Å². The second-order valence-electron chi connectivity index (χ2n) is 1.76. The van der Waals surface area contributed by atoms with Crippen LogP contribution in [-0.2, 0) is 4.79 Å². The van der Waals surface area contributed by atoms with Gasteiger partial charge in [-0.25, -0.2) is 4.72 Å². The molecule has 0 amide bonds. The summed E-state index contributed by atoms with van der Waals surface area (Å²) in [6.07, 6.45) is 0. The minimum Gasteiger partial charge on any atom is -0.480 e. The van der Waals surface area contributed by atoms with Gasteiger partial charge in [-0.2, -0.15) is 12.6 Å². The Hall–Kier alpha value is 0.0900. The minimum atomic E-state index is -0.926. The van der Waals surface area contributed by atoms with Crippen molar-refractivity contribution in [2.75, 3.05) is 18.1 Å². The largest absolute Gasteiger partial charge is 0.480 e. The van der Waals surface area contributed by atoms with E-state index in [1.807, 2.05) is 0 Å². The van der Waals surface area contributed by atoms with Crippen LogP contribution in [0.25, 0.3) is 0 Å². The van der Waals surface area contributed by atoms with E-state index in [9.17, 15) is 4.79 Å². The number of carbonyl (C=O) groups is 1. The van der Waals surface area contributed by atoms with Gasteiger partial charge in [0, 0.05) is 11.5 Å². The van der Waals surface area contributed by atoms with Crippen molar-refractivity contribution in [1.29, 1.82) is 0 Å². The van der Waals surface area contributed by atoms with Gasteiger partial charge in [-0.3, -0.25) is 4.79 Å². The van der Waals surface area contributed by atoms with Crippen LogP contribution in [0, 0.1) is 0 Å². The first-order valence-electron chi connectivity index (χ1n) is 3.04. The summed E-state index contributed by atoms with van der Waals surface area (Å²) >= 11 is 5.02. The fourth-order valence-corrected chi connectivity index (χ4v) is 1.34. The van der Waals surface area contributed by atoms with E-state index in [1.54, 1.807) is 0 Å². The first-order chi connectivity index (χ1) is 5.22. The van der Waals surface area contributed by atoms with Crippen LogP contribution in [0.15, 0.2) is 0 Å². The number of nitrogens with one attached hydrogen (secondary N) is 1. The Bertz CT molecular complexity index is 122. The molecule has 1 atom stereocenters. The van der Waals surface area contributed by atoms with Gasteiger partial charge in [0.05, 0.1) is 6.61 Å². The highest BCUT2D eigenvalue weighted by molar-refractivity contribution is 7.97. The van der Waals surface area contributed by atoms with Gasteiger partial charge in [-0.1, -0.05) is 11.9 Å². The van der Waals surface area contributed by atoms with Crippen molar-refractivity contribution in [2.24, 2.45) is 0 Å². The maximum absolute atomic E-state index is 10.3. The van der Waals surface area contributed by atoms with Crippen LogP contribution < -0.4 is 4.72 Å². The first kappa shape index (κ1) is 11.1. The summed E-state index contributed by atoms with van der Waals surface area (Å²) in [5.74, 6) is -0.198. The second-order valence-corrected chi connectivity index (χ2v) is 3.06. The maximum atomic E-state index is 10.3. The summed E-state index contributed by atoms with van der Waals surface area (Å²) in [5.41, 5.74) is 0. The molecule has 4 nitrogen and oxygen atoms in total. The number of hydrogen-bond donors (Lipinski definition) is 4. The van der Waals surface area contributed by atoms with Crippen LogP contribution in [0.1, 0.15) is 0 Å². The zero-order chi connectivity index (χ0) is 8.69. The van der Waals surface area contributed by atoms with Gasteiger partial charge in [-0.15, -0.1) is 0 Å². The Balaban J connectivity index is 3.44. The molecule has 0 spiro atoms. The summed E-state index contributed by atoms with van der Waals surface area (Å²) in [4.78, 5) is 10.3. The van der Waals surface area contributed by atoms with Crippen molar-refractivity contribution in [1.82, 2.24) is 4.72 Å². The minimum absolute atomic E-state index is 0.0383. The third-order valence-corrected chi connectivity index (χ3v) is 2.10. The number of carboxylic acid groups (broad SMARTS) is 1. The SMILES string of the molecule is O=C(O)C(CS)NSCCO. The van der Waals surface area contributed by atoms with Crippen molar-refractivity contribution in [2.45, 2.75) is 6.04 Å². The molecule has 0 aliphatic carbocycles. The summed E-state index contributed by atoms with van der Waals surface area (Å²) < 4.78 is 2.65. The number of hydrogen-bond acceptors (Lipinski definition) is 5. The molecule has 11 heavy (non-hydrogen) atoms.